The number of likely N-dealkylation sites (N-methyl/N-ethyl adjacent to an activating group) is 1. The highest BCUT2D eigenvalue weighted by atomic mass is 15.2. The van der Waals surface area contributed by atoms with E-state index in [9.17, 15) is 0 Å². The molecule has 1 aliphatic rings. The molecule has 0 saturated carbocycles. The van der Waals surface area contributed by atoms with E-state index < -0.39 is 5.54 Å². The molecule has 0 bridgehead atoms. The first kappa shape index (κ1) is 15.4. The Kier molecular flexibility index (Phi) is 5.58. The molecule has 0 amide bonds. The topological polar surface area (TPSA) is 56.3 Å². The van der Waals surface area contributed by atoms with Gasteiger partial charge in [0.05, 0.1) is 6.07 Å². The first-order valence-electron chi connectivity index (χ1n) is 6.94. The third-order valence-electron chi connectivity index (χ3n) is 3.99. The predicted octanol–water partition coefficient (Wildman–Crippen LogP) is 1.28. The normalized spacial score (nSPS) is 28.3. The summed E-state index contributed by atoms with van der Waals surface area (Å²) in [5, 5.41) is 8.84. The van der Waals surface area contributed by atoms with Crippen LogP contribution < -0.4 is 5.73 Å². The van der Waals surface area contributed by atoms with E-state index >= 15 is 0 Å². The summed E-state index contributed by atoms with van der Waals surface area (Å²) in [6.45, 7) is 7.65. The van der Waals surface area contributed by atoms with E-state index in [-0.39, 0.29) is 0 Å². The maximum atomic E-state index is 8.84. The number of hydrogen-bond acceptors (Lipinski definition) is 4. The Balaban J connectivity index is 2.21. The zero-order valence-electron chi connectivity index (χ0n) is 12.3. The standard InChI is InChI=1S/C14H28N4/c1-12-9-18(10-13(12)17(3)4)8-6-5-7-14(2,16)11-15/h12-13H,5-10,16H2,1-4H3. The van der Waals surface area contributed by atoms with Crippen molar-refractivity contribution < 1.29 is 0 Å². The maximum Gasteiger partial charge on any atom is 0.101 e. The number of nitrogens with two attached hydrogens (primary N) is 1. The molecule has 0 aromatic carbocycles. The summed E-state index contributed by atoms with van der Waals surface area (Å²) in [4.78, 5) is 4.87. The Morgan fingerprint density at radius 3 is 2.56 bits per heavy atom. The lowest BCUT2D eigenvalue weighted by molar-refractivity contribution is 0.250. The first-order chi connectivity index (χ1) is 8.35. The molecule has 0 radical (unpaired) electrons. The van der Waals surface area contributed by atoms with Gasteiger partial charge in [0.25, 0.3) is 0 Å². The Bertz CT molecular complexity index is 293. The van der Waals surface area contributed by atoms with Gasteiger partial charge >= 0.3 is 0 Å². The number of unbranched alkanes of at least 4 members (excludes halogenated alkanes) is 1. The lowest BCUT2D eigenvalue weighted by Gasteiger charge is -2.22. The van der Waals surface area contributed by atoms with Gasteiger partial charge in [0.1, 0.15) is 5.54 Å². The molecule has 3 atom stereocenters. The first-order valence-corrected chi connectivity index (χ1v) is 6.94. The number of nitrogens with zero attached hydrogens (tertiary/aromatic N) is 3. The van der Waals surface area contributed by atoms with Gasteiger partial charge in [-0.2, -0.15) is 5.26 Å². The molecule has 0 aromatic heterocycles. The highest BCUT2D eigenvalue weighted by Gasteiger charge is 2.30. The highest BCUT2D eigenvalue weighted by molar-refractivity contribution is 5.00. The summed E-state index contributed by atoms with van der Waals surface area (Å²) in [5.41, 5.74) is 5.16. The van der Waals surface area contributed by atoms with E-state index in [0.717, 1.165) is 31.7 Å². The van der Waals surface area contributed by atoms with Crippen LogP contribution in [0.3, 0.4) is 0 Å². The zero-order valence-corrected chi connectivity index (χ0v) is 12.3. The molecule has 0 aliphatic carbocycles. The summed E-state index contributed by atoms with van der Waals surface area (Å²) in [6, 6.07) is 2.84. The fourth-order valence-electron chi connectivity index (χ4n) is 2.79. The van der Waals surface area contributed by atoms with Crippen molar-refractivity contribution in [3.63, 3.8) is 0 Å². The average molecular weight is 252 g/mol. The molecule has 0 spiro atoms. The van der Waals surface area contributed by atoms with Crippen LogP contribution in [0.4, 0.5) is 0 Å². The molecular weight excluding hydrogens is 224 g/mol. The van der Waals surface area contributed by atoms with Crippen LogP contribution in [0.5, 0.6) is 0 Å². The number of hydrogen-bond donors (Lipinski definition) is 1. The largest absolute Gasteiger partial charge is 0.314 e. The Morgan fingerprint density at radius 1 is 1.39 bits per heavy atom. The molecule has 2 N–H and O–H groups in total. The molecule has 0 aromatic rings. The Morgan fingerprint density at radius 2 is 2.06 bits per heavy atom. The molecule has 1 saturated heterocycles. The summed E-state index contributed by atoms with van der Waals surface area (Å²) >= 11 is 0. The van der Waals surface area contributed by atoms with E-state index in [0.29, 0.717) is 6.04 Å². The van der Waals surface area contributed by atoms with Gasteiger partial charge in [0.15, 0.2) is 0 Å². The third-order valence-corrected chi connectivity index (χ3v) is 3.99. The zero-order chi connectivity index (χ0) is 13.8. The summed E-state index contributed by atoms with van der Waals surface area (Å²) < 4.78 is 0. The fraction of sp³-hybridized carbons (Fsp3) is 0.929. The van der Waals surface area contributed by atoms with Gasteiger partial charge in [-0.1, -0.05) is 6.92 Å². The lowest BCUT2D eigenvalue weighted by Crippen LogP contribution is -2.35. The van der Waals surface area contributed by atoms with E-state index in [1.165, 1.54) is 13.1 Å². The lowest BCUT2D eigenvalue weighted by atomic mass is 9.98. The average Bonchev–Trinajstić information content (AvgIpc) is 2.66. The van der Waals surface area contributed by atoms with Crippen LogP contribution in [0.25, 0.3) is 0 Å². The minimum absolute atomic E-state index is 0.648. The maximum absolute atomic E-state index is 8.84. The van der Waals surface area contributed by atoms with Gasteiger partial charge in [-0.3, -0.25) is 0 Å². The minimum atomic E-state index is -0.648. The second kappa shape index (κ2) is 6.51. The third kappa shape index (κ3) is 4.56. The molecule has 3 unspecified atom stereocenters. The Hall–Kier alpha value is -0.630. The van der Waals surface area contributed by atoms with Gasteiger partial charge in [0, 0.05) is 19.1 Å². The van der Waals surface area contributed by atoms with Crippen LogP contribution >= 0.6 is 0 Å². The SMILES string of the molecule is CC1CN(CCCCC(C)(N)C#N)CC1N(C)C. The van der Waals surface area contributed by atoms with E-state index in [2.05, 4.69) is 36.9 Å². The van der Waals surface area contributed by atoms with Crippen molar-refractivity contribution in [2.75, 3.05) is 33.7 Å². The van der Waals surface area contributed by atoms with Gasteiger partial charge in [0.2, 0.25) is 0 Å². The summed E-state index contributed by atoms with van der Waals surface area (Å²) in [7, 11) is 4.33. The molecule has 104 valence electrons. The van der Waals surface area contributed by atoms with Gasteiger partial charge in [-0.05, 0) is 52.7 Å². The van der Waals surface area contributed by atoms with E-state index in [1.807, 2.05) is 6.92 Å². The number of rotatable bonds is 6. The highest BCUT2D eigenvalue weighted by Crippen LogP contribution is 2.20. The van der Waals surface area contributed by atoms with Gasteiger partial charge in [-0.25, -0.2) is 0 Å². The summed E-state index contributed by atoms with van der Waals surface area (Å²) in [6.07, 6.45) is 2.98. The minimum Gasteiger partial charge on any atom is -0.314 e. The van der Waals surface area contributed by atoms with Crippen molar-refractivity contribution in [3.8, 4) is 6.07 Å². The second-order valence-corrected chi connectivity index (χ2v) is 6.25. The van der Waals surface area contributed by atoms with Crippen LogP contribution in [0, 0.1) is 17.2 Å². The van der Waals surface area contributed by atoms with Gasteiger partial charge in [-0.15, -0.1) is 0 Å². The smallest absolute Gasteiger partial charge is 0.101 e. The Labute approximate surface area is 112 Å². The molecule has 18 heavy (non-hydrogen) atoms. The summed E-state index contributed by atoms with van der Waals surface area (Å²) in [5.74, 6) is 0.749. The molecule has 4 nitrogen and oxygen atoms in total. The number of nitriles is 1. The monoisotopic (exact) mass is 252 g/mol. The van der Waals surface area contributed by atoms with Crippen molar-refractivity contribution in [1.29, 1.82) is 5.26 Å². The van der Waals surface area contributed by atoms with Crippen molar-refractivity contribution in [1.82, 2.24) is 9.80 Å². The number of likely N-dealkylation sites (tertiary alicyclic amines) is 1. The van der Waals surface area contributed by atoms with Crippen molar-refractivity contribution in [3.05, 3.63) is 0 Å². The van der Waals surface area contributed by atoms with Crippen LogP contribution in [0.15, 0.2) is 0 Å². The quantitative estimate of drug-likeness (QED) is 0.724. The molecule has 1 fully saturated rings. The van der Waals surface area contributed by atoms with Gasteiger partial charge < -0.3 is 15.5 Å². The van der Waals surface area contributed by atoms with E-state index in [1.54, 1.807) is 0 Å². The van der Waals surface area contributed by atoms with Crippen molar-refractivity contribution >= 4 is 0 Å². The molecule has 1 heterocycles. The van der Waals surface area contributed by atoms with Crippen molar-refractivity contribution in [2.45, 2.75) is 44.7 Å². The molecule has 1 rings (SSSR count). The molecular formula is C14H28N4. The fourth-order valence-corrected chi connectivity index (χ4v) is 2.79. The van der Waals surface area contributed by atoms with Crippen LogP contribution in [-0.4, -0.2) is 55.1 Å². The van der Waals surface area contributed by atoms with Crippen molar-refractivity contribution in [2.24, 2.45) is 11.7 Å². The van der Waals surface area contributed by atoms with Crippen LogP contribution in [0.2, 0.25) is 0 Å². The second-order valence-electron chi connectivity index (χ2n) is 6.25. The van der Waals surface area contributed by atoms with Crippen LogP contribution in [0.1, 0.15) is 33.1 Å². The molecule has 1 aliphatic heterocycles. The molecule has 4 heteroatoms. The predicted molar refractivity (Wildman–Crippen MR) is 75.1 cm³/mol. The van der Waals surface area contributed by atoms with E-state index in [4.69, 9.17) is 11.0 Å². The van der Waals surface area contributed by atoms with Crippen LogP contribution in [-0.2, 0) is 0 Å².